The molecule has 1 heterocycles. The largest absolute Gasteiger partial charge is 0.384 e. The van der Waals surface area contributed by atoms with Crippen molar-refractivity contribution in [3.8, 4) is 11.3 Å². The summed E-state index contributed by atoms with van der Waals surface area (Å²) >= 11 is 3.37. The second kappa shape index (κ2) is 5.34. The number of aryl methyl sites for hydroxylation is 1. The van der Waals surface area contributed by atoms with Gasteiger partial charge in [0.25, 0.3) is 0 Å². The van der Waals surface area contributed by atoms with Crippen LogP contribution < -0.4 is 5.73 Å². The molecule has 19 heavy (non-hydrogen) atoms. The minimum Gasteiger partial charge on any atom is -0.384 e. The molecule has 2 rings (SSSR count). The lowest BCUT2D eigenvalue weighted by Crippen LogP contribution is -2.13. The van der Waals surface area contributed by atoms with Gasteiger partial charge in [0.05, 0.1) is 18.0 Å². The van der Waals surface area contributed by atoms with Crippen molar-refractivity contribution in [1.82, 2.24) is 9.78 Å². The van der Waals surface area contributed by atoms with Gasteiger partial charge < -0.3 is 5.73 Å². The van der Waals surface area contributed by atoms with Crippen LogP contribution in [0.5, 0.6) is 0 Å². The highest BCUT2D eigenvalue weighted by Crippen LogP contribution is 2.22. The second-order valence-electron chi connectivity index (χ2n) is 4.31. The van der Waals surface area contributed by atoms with E-state index in [1.807, 2.05) is 24.3 Å². The van der Waals surface area contributed by atoms with Gasteiger partial charge in [-0.15, -0.1) is 0 Å². The predicted octanol–water partition coefficient (Wildman–Crippen LogP) is 1.94. The molecule has 0 saturated heterocycles. The van der Waals surface area contributed by atoms with E-state index in [0.29, 0.717) is 5.82 Å². The van der Waals surface area contributed by atoms with Crippen LogP contribution >= 0.6 is 15.9 Å². The molecule has 0 aliphatic carbocycles. The van der Waals surface area contributed by atoms with Gasteiger partial charge in [-0.05, 0) is 12.1 Å². The molecule has 0 atom stereocenters. The fraction of sp³-hybridized carbons (Fsp3) is 0.250. The number of sulfone groups is 1. The van der Waals surface area contributed by atoms with Crippen LogP contribution in [0.3, 0.4) is 0 Å². The maximum absolute atomic E-state index is 11.1. The molecular weight excluding hydrogens is 330 g/mol. The highest BCUT2D eigenvalue weighted by molar-refractivity contribution is 9.10. The Balaban J connectivity index is 2.23. The Bertz CT molecular complexity index is 678. The van der Waals surface area contributed by atoms with Crippen molar-refractivity contribution in [3.05, 3.63) is 34.8 Å². The highest BCUT2D eigenvalue weighted by Gasteiger charge is 2.09. The van der Waals surface area contributed by atoms with E-state index < -0.39 is 9.84 Å². The van der Waals surface area contributed by atoms with Gasteiger partial charge in [-0.2, -0.15) is 5.10 Å². The average molecular weight is 344 g/mol. The van der Waals surface area contributed by atoms with Gasteiger partial charge in [-0.3, -0.25) is 0 Å². The summed E-state index contributed by atoms with van der Waals surface area (Å²) in [5, 5.41) is 4.32. The lowest BCUT2D eigenvalue weighted by molar-refractivity contribution is 0.588. The molecule has 2 N–H and O–H groups in total. The van der Waals surface area contributed by atoms with Gasteiger partial charge in [0.15, 0.2) is 0 Å². The van der Waals surface area contributed by atoms with E-state index in [2.05, 4.69) is 21.0 Å². The summed E-state index contributed by atoms with van der Waals surface area (Å²) in [5.74, 6) is 0.486. The van der Waals surface area contributed by atoms with Crippen LogP contribution in [0, 0.1) is 0 Å². The van der Waals surface area contributed by atoms with E-state index in [1.165, 1.54) is 10.9 Å². The van der Waals surface area contributed by atoms with Crippen LogP contribution in [0.25, 0.3) is 11.3 Å². The minimum atomic E-state index is -3.02. The number of aromatic nitrogens is 2. The third-order valence-electron chi connectivity index (χ3n) is 2.62. The number of benzene rings is 1. The zero-order valence-electron chi connectivity index (χ0n) is 10.4. The number of rotatable bonds is 4. The number of halogens is 1. The van der Waals surface area contributed by atoms with Gasteiger partial charge in [0, 0.05) is 22.4 Å². The topological polar surface area (TPSA) is 78.0 Å². The number of hydrogen-bond donors (Lipinski definition) is 1. The van der Waals surface area contributed by atoms with Crippen molar-refractivity contribution in [3.63, 3.8) is 0 Å². The molecule has 0 amide bonds. The molecule has 0 aliphatic heterocycles. The van der Waals surface area contributed by atoms with Crippen molar-refractivity contribution >= 4 is 31.6 Å². The molecule has 0 aliphatic rings. The fourth-order valence-electron chi connectivity index (χ4n) is 1.62. The predicted molar refractivity (Wildman–Crippen MR) is 79.5 cm³/mol. The van der Waals surface area contributed by atoms with E-state index >= 15 is 0 Å². The smallest absolute Gasteiger partial charge is 0.149 e. The lowest BCUT2D eigenvalue weighted by atomic mass is 10.2. The number of nitrogens with two attached hydrogens (primary N) is 1. The maximum atomic E-state index is 11.1. The second-order valence-corrected chi connectivity index (χ2v) is 7.49. The summed E-state index contributed by atoms with van der Waals surface area (Å²) in [5.41, 5.74) is 7.51. The molecule has 0 spiro atoms. The monoisotopic (exact) mass is 343 g/mol. The zero-order chi connectivity index (χ0) is 14.0. The molecule has 0 radical (unpaired) electrons. The van der Waals surface area contributed by atoms with Crippen LogP contribution in [0.4, 0.5) is 5.82 Å². The van der Waals surface area contributed by atoms with E-state index in [-0.39, 0.29) is 12.3 Å². The molecule has 1 aromatic heterocycles. The third kappa shape index (κ3) is 3.81. The van der Waals surface area contributed by atoms with Crippen LogP contribution in [0.1, 0.15) is 0 Å². The maximum Gasteiger partial charge on any atom is 0.149 e. The first-order valence-electron chi connectivity index (χ1n) is 5.62. The van der Waals surface area contributed by atoms with Crippen molar-refractivity contribution < 1.29 is 8.42 Å². The molecule has 0 unspecified atom stereocenters. The minimum absolute atomic E-state index is 0.0264. The molecule has 5 nitrogen and oxygen atoms in total. The SMILES string of the molecule is CS(=O)(=O)CCn1nc(-c2ccc(Br)cc2)cc1N. The number of nitrogen functional groups attached to an aromatic ring is 1. The number of hydrogen-bond acceptors (Lipinski definition) is 4. The Morgan fingerprint density at radius 3 is 2.53 bits per heavy atom. The Morgan fingerprint density at radius 1 is 1.32 bits per heavy atom. The number of nitrogens with zero attached hydrogens (tertiary/aromatic N) is 2. The van der Waals surface area contributed by atoms with Crippen molar-refractivity contribution in [2.24, 2.45) is 0 Å². The summed E-state index contributed by atoms with van der Waals surface area (Å²) in [6.07, 6.45) is 1.20. The first kappa shape index (κ1) is 14.1. The van der Waals surface area contributed by atoms with Crippen LogP contribution in [-0.4, -0.2) is 30.2 Å². The molecule has 1 aromatic carbocycles. The molecule has 0 fully saturated rings. The quantitative estimate of drug-likeness (QED) is 0.919. The Kier molecular flexibility index (Phi) is 3.96. The first-order chi connectivity index (χ1) is 8.85. The third-order valence-corrected chi connectivity index (χ3v) is 4.08. The number of anilines is 1. The summed E-state index contributed by atoms with van der Waals surface area (Å²) in [4.78, 5) is 0. The lowest BCUT2D eigenvalue weighted by Gasteiger charge is -2.02. The molecule has 102 valence electrons. The van der Waals surface area contributed by atoms with Gasteiger partial charge >= 0.3 is 0 Å². The van der Waals surface area contributed by atoms with Crippen LogP contribution in [0.15, 0.2) is 34.8 Å². The van der Waals surface area contributed by atoms with Gasteiger partial charge in [0.1, 0.15) is 15.7 Å². The van der Waals surface area contributed by atoms with Crippen LogP contribution in [-0.2, 0) is 16.4 Å². The van der Waals surface area contributed by atoms with Crippen LogP contribution in [0.2, 0.25) is 0 Å². The summed E-state index contributed by atoms with van der Waals surface area (Å²) < 4.78 is 24.8. The first-order valence-corrected chi connectivity index (χ1v) is 8.47. The Hall–Kier alpha value is -1.34. The zero-order valence-corrected chi connectivity index (χ0v) is 12.8. The van der Waals surface area contributed by atoms with E-state index in [0.717, 1.165) is 15.7 Å². The molecule has 0 bridgehead atoms. The summed E-state index contributed by atoms with van der Waals surface area (Å²) in [6.45, 7) is 0.265. The molecular formula is C12H14BrN3O2S. The summed E-state index contributed by atoms with van der Waals surface area (Å²) in [7, 11) is -3.02. The fourth-order valence-corrected chi connectivity index (χ4v) is 2.39. The van der Waals surface area contributed by atoms with Crippen molar-refractivity contribution in [2.45, 2.75) is 6.54 Å². The van der Waals surface area contributed by atoms with Crippen molar-refractivity contribution in [2.75, 3.05) is 17.7 Å². The Labute approximate surface area is 120 Å². The molecule has 7 heteroatoms. The molecule has 0 saturated carbocycles. The van der Waals surface area contributed by atoms with Gasteiger partial charge in [0.2, 0.25) is 0 Å². The normalized spacial score (nSPS) is 11.7. The van der Waals surface area contributed by atoms with E-state index in [9.17, 15) is 8.42 Å². The van der Waals surface area contributed by atoms with Gasteiger partial charge in [-0.25, -0.2) is 13.1 Å². The molecule has 2 aromatic rings. The van der Waals surface area contributed by atoms with E-state index in [4.69, 9.17) is 5.73 Å². The van der Waals surface area contributed by atoms with Crippen molar-refractivity contribution in [1.29, 1.82) is 0 Å². The van der Waals surface area contributed by atoms with Gasteiger partial charge in [-0.1, -0.05) is 28.1 Å². The summed E-state index contributed by atoms with van der Waals surface area (Å²) in [6, 6.07) is 9.42. The highest BCUT2D eigenvalue weighted by atomic mass is 79.9. The average Bonchev–Trinajstić information content (AvgIpc) is 2.68. The Morgan fingerprint density at radius 2 is 1.95 bits per heavy atom. The standard InChI is InChI=1S/C12H14BrN3O2S/c1-19(17,18)7-6-16-12(14)8-11(15-16)9-2-4-10(13)5-3-9/h2-5,8H,6-7,14H2,1H3. The van der Waals surface area contributed by atoms with E-state index in [1.54, 1.807) is 6.07 Å².